The van der Waals surface area contributed by atoms with Gasteiger partial charge in [0.25, 0.3) is 12.5 Å². The van der Waals surface area contributed by atoms with Crippen LogP contribution < -0.4 is 10.6 Å². The number of hydrogen-bond donors (Lipinski definition) is 2. The Morgan fingerprint density at radius 2 is 0.804 bits per heavy atom. The van der Waals surface area contributed by atoms with Crippen LogP contribution in [0.25, 0.3) is 0 Å². The Kier molecular flexibility index (Phi) is 35.9. The lowest BCUT2D eigenvalue weighted by atomic mass is 10.2. The van der Waals surface area contributed by atoms with E-state index >= 15 is 0 Å². The zero-order valence-electron chi connectivity index (χ0n) is 33.0. The minimum atomic E-state index is -0.729. The van der Waals surface area contributed by atoms with E-state index < -0.39 is 24.2 Å². The summed E-state index contributed by atoms with van der Waals surface area (Å²) in [5.41, 5.74) is 0. The highest BCUT2D eigenvalue weighted by atomic mass is 16.6. The summed E-state index contributed by atoms with van der Waals surface area (Å²) in [5.74, 6) is 0. The summed E-state index contributed by atoms with van der Waals surface area (Å²) in [5, 5.41) is 22.5. The molecule has 0 aromatic carbocycles. The van der Waals surface area contributed by atoms with Gasteiger partial charge < -0.3 is 29.6 Å². The van der Waals surface area contributed by atoms with Gasteiger partial charge in [-0.3, -0.25) is 0 Å². The molecule has 0 aromatic heterocycles. The molecular formula is C38H62N8O10. The number of nitrogens with zero attached hydrogens (tertiary/aromatic N) is 6. The Morgan fingerprint density at radius 1 is 0.464 bits per heavy atom. The molecule has 0 aliphatic carbocycles. The quantitative estimate of drug-likeness (QED) is 0.0293. The molecule has 0 bridgehead atoms. The molecule has 0 spiro atoms. The Labute approximate surface area is 331 Å². The average molecular weight is 791 g/mol. The van der Waals surface area contributed by atoms with E-state index in [0.717, 1.165) is 74.0 Å². The van der Waals surface area contributed by atoms with Crippen molar-refractivity contribution in [3.8, 4) is 12.5 Å². The number of carbonyl (C=O) groups is 4. The predicted molar refractivity (Wildman–Crippen MR) is 204 cm³/mol. The Morgan fingerprint density at radius 3 is 1.18 bits per heavy atom. The van der Waals surface area contributed by atoms with Gasteiger partial charge in [0.1, 0.15) is 13.2 Å². The number of hydrogen-bond acceptors (Lipinski definition) is 14. The average Bonchev–Trinajstić information content (AvgIpc) is 3.19. The van der Waals surface area contributed by atoms with Crippen molar-refractivity contribution in [2.24, 2.45) is 9.98 Å². The third-order valence-electron chi connectivity index (χ3n) is 8.38. The van der Waals surface area contributed by atoms with Crippen LogP contribution in [0.4, 0.5) is 19.2 Å². The van der Waals surface area contributed by atoms with Gasteiger partial charge in [-0.05, 0) is 89.9 Å². The molecule has 0 unspecified atom stereocenters. The fourth-order valence-electron chi connectivity index (χ4n) is 5.28. The number of isocyanates is 2. The highest BCUT2D eigenvalue weighted by Gasteiger charge is 2.23. The lowest BCUT2D eigenvalue weighted by Crippen LogP contribution is -2.45. The SMILES string of the molecule is N#COCCCCCCNC(=O)N(CCCCCCOC#N)C(=O)OCCCCCCOC(=O)N(CCCCCCN=C=O)C(=O)NCCCCCCN=C=O. The molecule has 0 saturated carbocycles. The zero-order chi connectivity index (χ0) is 41.2. The summed E-state index contributed by atoms with van der Waals surface area (Å²) in [6.45, 7) is 2.89. The molecule has 0 atom stereocenters. The van der Waals surface area contributed by atoms with Gasteiger partial charge >= 0.3 is 24.2 Å². The van der Waals surface area contributed by atoms with E-state index in [1.54, 1.807) is 12.5 Å². The van der Waals surface area contributed by atoms with E-state index in [2.05, 4.69) is 30.1 Å². The number of aliphatic imine (C=N–C) groups is 2. The van der Waals surface area contributed by atoms with Crippen molar-refractivity contribution in [2.75, 3.05) is 65.7 Å². The maximum Gasteiger partial charge on any atom is 0.417 e. The van der Waals surface area contributed by atoms with Crippen LogP contribution in [0.15, 0.2) is 9.98 Å². The maximum atomic E-state index is 12.9. The van der Waals surface area contributed by atoms with Crippen LogP contribution >= 0.6 is 0 Å². The van der Waals surface area contributed by atoms with Gasteiger partial charge in [0, 0.05) is 26.2 Å². The van der Waals surface area contributed by atoms with E-state index in [4.69, 9.17) is 20.0 Å². The summed E-state index contributed by atoms with van der Waals surface area (Å²) in [6.07, 6.45) is 19.2. The molecule has 6 amide bonds. The first-order valence-electron chi connectivity index (χ1n) is 20.0. The van der Waals surface area contributed by atoms with Crippen molar-refractivity contribution < 1.29 is 47.7 Å². The van der Waals surface area contributed by atoms with Gasteiger partial charge in [-0.25, -0.2) is 48.6 Å². The van der Waals surface area contributed by atoms with Crippen molar-refractivity contribution in [1.29, 1.82) is 10.5 Å². The second kappa shape index (κ2) is 39.5. The highest BCUT2D eigenvalue weighted by Crippen LogP contribution is 2.09. The number of ether oxygens (including phenoxy) is 4. The monoisotopic (exact) mass is 790 g/mol. The minimum absolute atomic E-state index is 0.111. The second-order valence-corrected chi connectivity index (χ2v) is 12.9. The number of nitriles is 2. The van der Waals surface area contributed by atoms with E-state index in [0.29, 0.717) is 104 Å². The molecule has 0 fully saturated rings. The number of unbranched alkanes of at least 4 members (excludes halogenated alkanes) is 15. The first-order valence-corrected chi connectivity index (χ1v) is 20.0. The van der Waals surface area contributed by atoms with Gasteiger partial charge in [0.05, 0.1) is 26.3 Å². The van der Waals surface area contributed by atoms with E-state index in [1.165, 1.54) is 12.2 Å². The molecule has 18 nitrogen and oxygen atoms in total. The molecule has 0 rings (SSSR count). The van der Waals surface area contributed by atoms with Crippen molar-refractivity contribution >= 4 is 36.4 Å². The molecule has 0 aliphatic heterocycles. The normalized spacial score (nSPS) is 10.0. The van der Waals surface area contributed by atoms with Gasteiger partial charge in [0.15, 0.2) is 0 Å². The molecule has 0 saturated heterocycles. The van der Waals surface area contributed by atoms with Crippen molar-refractivity contribution in [3.63, 3.8) is 0 Å². The summed E-state index contributed by atoms with van der Waals surface area (Å²) in [4.78, 5) is 81.0. The van der Waals surface area contributed by atoms with Gasteiger partial charge in [-0.1, -0.05) is 38.5 Å². The van der Waals surface area contributed by atoms with Crippen molar-refractivity contribution in [1.82, 2.24) is 20.4 Å². The summed E-state index contributed by atoms with van der Waals surface area (Å²) >= 11 is 0. The molecule has 0 heterocycles. The molecule has 56 heavy (non-hydrogen) atoms. The van der Waals surface area contributed by atoms with Crippen molar-refractivity contribution in [2.45, 2.75) is 128 Å². The van der Waals surface area contributed by atoms with E-state index in [9.17, 15) is 28.8 Å². The van der Waals surface area contributed by atoms with Crippen LogP contribution in [0.5, 0.6) is 0 Å². The first kappa shape index (κ1) is 50.8. The lowest BCUT2D eigenvalue weighted by molar-refractivity contribution is 0.102. The Balaban J connectivity index is 4.68. The fraction of sp³-hybridized carbons (Fsp3) is 0.789. The number of rotatable bonds is 35. The largest absolute Gasteiger partial charge is 0.449 e. The van der Waals surface area contributed by atoms with Crippen molar-refractivity contribution in [3.05, 3.63) is 0 Å². The summed E-state index contributed by atoms with van der Waals surface area (Å²) < 4.78 is 20.2. The second-order valence-electron chi connectivity index (χ2n) is 12.9. The fourth-order valence-corrected chi connectivity index (χ4v) is 5.28. The van der Waals surface area contributed by atoms with Gasteiger partial charge in [-0.2, -0.15) is 10.5 Å². The van der Waals surface area contributed by atoms with Crippen LogP contribution in [-0.2, 0) is 28.5 Å². The number of urea groups is 2. The number of carbonyl (C=O) groups excluding carboxylic acids is 6. The molecular weight excluding hydrogens is 728 g/mol. The van der Waals surface area contributed by atoms with E-state index in [1.807, 2.05) is 0 Å². The molecule has 0 radical (unpaired) electrons. The lowest BCUT2D eigenvalue weighted by Gasteiger charge is -2.21. The zero-order valence-corrected chi connectivity index (χ0v) is 33.0. The van der Waals surface area contributed by atoms with Crippen LogP contribution in [0.2, 0.25) is 0 Å². The van der Waals surface area contributed by atoms with Crippen LogP contribution in [0, 0.1) is 23.0 Å². The minimum Gasteiger partial charge on any atom is -0.449 e. The molecule has 2 N–H and O–H groups in total. The molecule has 314 valence electrons. The highest BCUT2D eigenvalue weighted by molar-refractivity contribution is 5.91. The van der Waals surface area contributed by atoms with Crippen LogP contribution in [0.3, 0.4) is 0 Å². The first-order chi connectivity index (χ1) is 27.4. The molecule has 18 heteroatoms. The number of nitrogens with one attached hydrogen (secondary N) is 2. The third kappa shape index (κ3) is 31.2. The maximum absolute atomic E-state index is 12.9. The molecule has 0 aliphatic rings. The molecule has 0 aromatic rings. The number of imide groups is 2. The topological polar surface area (TPSA) is 242 Å². The summed E-state index contributed by atoms with van der Waals surface area (Å²) in [6, 6.07) is -1.05. The van der Waals surface area contributed by atoms with Crippen LogP contribution in [-0.4, -0.2) is 112 Å². The van der Waals surface area contributed by atoms with Gasteiger partial charge in [-0.15, -0.1) is 0 Å². The smallest absolute Gasteiger partial charge is 0.417 e. The van der Waals surface area contributed by atoms with Gasteiger partial charge in [0.2, 0.25) is 12.2 Å². The summed E-state index contributed by atoms with van der Waals surface area (Å²) in [7, 11) is 0. The predicted octanol–water partition coefficient (Wildman–Crippen LogP) is 6.75. The Bertz CT molecular complexity index is 1250. The Hall–Kier alpha value is -5.18. The third-order valence-corrected chi connectivity index (χ3v) is 8.38. The van der Waals surface area contributed by atoms with E-state index in [-0.39, 0.29) is 26.3 Å². The standard InChI is InChI=1S/C38H62N8O10/c39-31-53-27-17-7-4-14-24-44-36(50)46(26-16-6-8-18-28-54-32-40)38(52)56-30-20-10-9-19-29-55-37(51)45(25-15-5-3-12-22-42-34-48)35(49)43-23-13-2-1-11-21-41-33-47/h1-30H2,(H,43,49)(H,44,50). The number of amides is 6. The van der Waals surface area contributed by atoms with Crippen LogP contribution in [0.1, 0.15) is 128 Å².